The summed E-state index contributed by atoms with van der Waals surface area (Å²) in [5.41, 5.74) is -0.764. The number of carbonyl (C=O) groups is 1. The zero-order valence-corrected chi connectivity index (χ0v) is 12.6. The van der Waals surface area contributed by atoms with Crippen molar-refractivity contribution in [3.05, 3.63) is 41.5 Å². The molecule has 9 heteroatoms. The van der Waals surface area contributed by atoms with E-state index in [1.807, 2.05) is 4.57 Å². The van der Waals surface area contributed by atoms with Gasteiger partial charge in [0.2, 0.25) is 0 Å². The predicted molar refractivity (Wildman–Crippen MR) is 77.1 cm³/mol. The molecule has 0 radical (unpaired) electrons. The molecule has 0 unspecified atom stereocenters. The fourth-order valence-electron chi connectivity index (χ4n) is 2.46. The van der Waals surface area contributed by atoms with Gasteiger partial charge in [0.25, 0.3) is 5.91 Å². The van der Waals surface area contributed by atoms with Crippen molar-refractivity contribution < 1.29 is 22.7 Å². The lowest BCUT2D eigenvalue weighted by molar-refractivity contribution is -0.137. The highest BCUT2D eigenvalue weighted by atomic mass is 19.4. The second kappa shape index (κ2) is 6.50. The molecular weight excluding hydrogens is 325 g/mol. The molecule has 1 aromatic heterocycles. The number of benzene rings is 1. The Balaban J connectivity index is 1.47. The number of aromatic nitrogens is 3. The van der Waals surface area contributed by atoms with Gasteiger partial charge in [-0.1, -0.05) is 0 Å². The molecule has 24 heavy (non-hydrogen) atoms. The van der Waals surface area contributed by atoms with Gasteiger partial charge in [0, 0.05) is 13.0 Å². The number of aryl methyl sites for hydroxylation is 1. The summed E-state index contributed by atoms with van der Waals surface area (Å²) in [5.74, 6) is 1.41. The van der Waals surface area contributed by atoms with Gasteiger partial charge < -0.3 is 14.6 Å². The summed E-state index contributed by atoms with van der Waals surface area (Å²) < 4.78 is 44.5. The third-order valence-electron chi connectivity index (χ3n) is 3.68. The lowest BCUT2D eigenvalue weighted by Gasteiger charge is -2.09. The van der Waals surface area contributed by atoms with Crippen LogP contribution >= 0.6 is 0 Å². The molecule has 0 fully saturated rings. The normalized spacial score (nSPS) is 13.6. The summed E-state index contributed by atoms with van der Waals surface area (Å²) in [6.45, 7) is 0.796. The fourth-order valence-corrected chi connectivity index (χ4v) is 2.46. The molecule has 2 heterocycles. The summed E-state index contributed by atoms with van der Waals surface area (Å²) in [6.07, 6.45) is -2.49. The molecule has 0 saturated carbocycles. The van der Waals surface area contributed by atoms with Crippen LogP contribution in [0.3, 0.4) is 0 Å². The first-order valence-corrected chi connectivity index (χ1v) is 7.41. The molecule has 6 nitrogen and oxygen atoms in total. The van der Waals surface area contributed by atoms with E-state index in [-0.39, 0.29) is 24.8 Å². The highest BCUT2D eigenvalue weighted by molar-refractivity contribution is 5.77. The summed E-state index contributed by atoms with van der Waals surface area (Å²) in [4.78, 5) is 11.8. The highest BCUT2D eigenvalue weighted by Gasteiger charge is 2.30. The summed E-state index contributed by atoms with van der Waals surface area (Å²) in [5, 5.41) is 10.7. The third-order valence-corrected chi connectivity index (χ3v) is 3.68. The quantitative estimate of drug-likeness (QED) is 0.903. The van der Waals surface area contributed by atoms with Crippen molar-refractivity contribution in [2.75, 3.05) is 6.61 Å². The molecule has 1 aliphatic heterocycles. The lowest BCUT2D eigenvalue weighted by Crippen LogP contribution is -2.29. The Labute approximate surface area is 135 Å². The van der Waals surface area contributed by atoms with Gasteiger partial charge in [-0.3, -0.25) is 4.79 Å². The first-order chi connectivity index (χ1) is 11.4. The number of halogens is 3. The summed E-state index contributed by atoms with van der Waals surface area (Å²) >= 11 is 0. The standard InChI is InChI=1S/C15H15F3N4O2/c16-15(17,18)10-3-5-11(6-4-10)24-9-14(23)19-8-13-21-20-12-2-1-7-22(12)13/h3-6H,1-2,7-9H2,(H,19,23). The summed E-state index contributed by atoms with van der Waals surface area (Å²) in [7, 11) is 0. The molecule has 128 valence electrons. The molecule has 1 aliphatic rings. The number of ether oxygens (including phenoxy) is 1. The Bertz CT molecular complexity index is 725. The van der Waals surface area contributed by atoms with Crippen LogP contribution < -0.4 is 10.1 Å². The van der Waals surface area contributed by atoms with Crippen LogP contribution in [-0.4, -0.2) is 27.3 Å². The van der Waals surface area contributed by atoms with Crippen molar-refractivity contribution >= 4 is 5.91 Å². The van der Waals surface area contributed by atoms with E-state index in [0.717, 1.165) is 37.3 Å². The van der Waals surface area contributed by atoms with E-state index >= 15 is 0 Å². The fraction of sp³-hybridized carbons (Fsp3) is 0.400. The van der Waals surface area contributed by atoms with Crippen molar-refractivity contribution in [2.45, 2.75) is 32.1 Å². The van der Waals surface area contributed by atoms with Gasteiger partial charge in [-0.05, 0) is 30.7 Å². The van der Waals surface area contributed by atoms with E-state index in [2.05, 4.69) is 15.5 Å². The van der Waals surface area contributed by atoms with Crippen molar-refractivity contribution in [1.82, 2.24) is 20.1 Å². The molecule has 0 spiro atoms. The average molecular weight is 340 g/mol. The molecule has 1 aromatic carbocycles. The van der Waals surface area contributed by atoms with Crippen LogP contribution in [0.25, 0.3) is 0 Å². The van der Waals surface area contributed by atoms with E-state index in [1.165, 1.54) is 12.1 Å². The first kappa shape index (κ1) is 16.3. The number of amides is 1. The Kier molecular flexibility index (Phi) is 4.41. The SMILES string of the molecule is O=C(COc1ccc(C(F)(F)F)cc1)NCc1nnc2n1CCC2. The number of nitrogens with zero attached hydrogens (tertiary/aromatic N) is 3. The van der Waals surface area contributed by atoms with Gasteiger partial charge in [0.05, 0.1) is 12.1 Å². The van der Waals surface area contributed by atoms with Crippen molar-refractivity contribution in [2.24, 2.45) is 0 Å². The molecule has 0 aliphatic carbocycles. The van der Waals surface area contributed by atoms with Gasteiger partial charge in [-0.15, -0.1) is 10.2 Å². The van der Waals surface area contributed by atoms with Crippen LogP contribution in [0.1, 0.15) is 23.6 Å². The molecule has 1 amide bonds. The smallest absolute Gasteiger partial charge is 0.416 e. The maximum Gasteiger partial charge on any atom is 0.416 e. The van der Waals surface area contributed by atoms with Crippen LogP contribution in [0, 0.1) is 0 Å². The van der Waals surface area contributed by atoms with Gasteiger partial charge in [0.15, 0.2) is 12.4 Å². The lowest BCUT2D eigenvalue weighted by atomic mass is 10.2. The van der Waals surface area contributed by atoms with Crippen molar-refractivity contribution in [3.63, 3.8) is 0 Å². The Morgan fingerprint density at radius 2 is 2.00 bits per heavy atom. The van der Waals surface area contributed by atoms with Crippen molar-refractivity contribution in [3.8, 4) is 5.75 Å². The highest BCUT2D eigenvalue weighted by Crippen LogP contribution is 2.30. The molecule has 2 aromatic rings. The molecule has 0 saturated heterocycles. The molecule has 3 rings (SSSR count). The van der Waals surface area contributed by atoms with Crippen LogP contribution in [0.2, 0.25) is 0 Å². The van der Waals surface area contributed by atoms with E-state index < -0.39 is 11.7 Å². The van der Waals surface area contributed by atoms with Crippen LogP contribution in [0.4, 0.5) is 13.2 Å². The minimum atomic E-state index is -4.39. The van der Waals surface area contributed by atoms with Gasteiger partial charge in [-0.2, -0.15) is 13.2 Å². The van der Waals surface area contributed by atoms with Gasteiger partial charge in [-0.25, -0.2) is 0 Å². The first-order valence-electron chi connectivity index (χ1n) is 7.41. The number of nitrogens with one attached hydrogen (secondary N) is 1. The van der Waals surface area contributed by atoms with Gasteiger partial charge >= 0.3 is 6.18 Å². The van der Waals surface area contributed by atoms with Gasteiger partial charge in [0.1, 0.15) is 11.6 Å². The maximum atomic E-state index is 12.4. The zero-order valence-electron chi connectivity index (χ0n) is 12.6. The third kappa shape index (κ3) is 3.66. The molecular formula is C15H15F3N4O2. The van der Waals surface area contributed by atoms with E-state index in [9.17, 15) is 18.0 Å². The average Bonchev–Trinajstić information content (AvgIpc) is 3.14. The number of alkyl halides is 3. The molecule has 0 atom stereocenters. The second-order valence-corrected chi connectivity index (χ2v) is 5.38. The largest absolute Gasteiger partial charge is 0.484 e. The number of fused-ring (bicyclic) bond motifs is 1. The zero-order chi connectivity index (χ0) is 17.2. The predicted octanol–water partition coefficient (Wildman–Crippen LogP) is 1.94. The molecule has 0 bridgehead atoms. The van der Waals surface area contributed by atoms with E-state index in [0.29, 0.717) is 5.82 Å². The summed E-state index contributed by atoms with van der Waals surface area (Å²) in [6, 6.07) is 4.18. The number of carbonyl (C=O) groups excluding carboxylic acids is 1. The van der Waals surface area contributed by atoms with Crippen molar-refractivity contribution in [1.29, 1.82) is 0 Å². The second-order valence-electron chi connectivity index (χ2n) is 5.38. The Morgan fingerprint density at radius 1 is 1.25 bits per heavy atom. The van der Waals surface area contributed by atoms with E-state index in [1.54, 1.807) is 0 Å². The monoisotopic (exact) mass is 340 g/mol. The van der Waals surface area contributed by atoms with Crippen LogP contribution in [-0.2, 0) is 30.5 Å². The van der Waals surface area contributed by atoms with E-state index in [4.69, 9.17) is 4.74 Å². The maximum absolute atomic E-state index is 12.4. The van der Waals surface area contributed by atoms with Crippen LogP contribution in [0.15, 0.2) is 24.3 Å². The van der Waals surface area contributed by atoms with Crippen LogP contribution in [0.5, 0.6) is 5.75 Å². The Morgan fingerprint density at radius 3 is 2.71 bits per heavy atom. The molecule has 1 N–H and O–H groups in total. The number of rotatable bonds is 5. The minimum absolute atomic E-state index is 0.196. The number of hydrogen-bond donors (Lipinski definition) is 1. The Hall–Kier alpha value is -2.58. The topological polar surface area (TPSA) is 69.0 Å². The number of hydrogen-bond acceptors (Lipinski definition) is 4. The minimum Gasteiger partial charge on any atom is -0.484 e.